The lowest BCUT2D eigenvalue weighted by atomic mass is 10.0. The Kier molecular flexibility index (Phi) is 9.25. The molecule has 4 aromatic heterocycles. The Hall–Kier alpha value is -5.70. The highest BCUT2D eigenvalue weighted by atomic mass is 79.9. The number of H-pyrrole nitrogens is 3. The molecule has 8 rings (SSSR count). The van der Waals surface area contributed by atoms with Crippen LogP contribution in [0.15, 0.2) is 34.8 Å². The Morgan fingerprint density at radius 2 is 0.672 bits per heavy atom. The predicted molar refractivity (Wildman–Crippen MR) is 186 cm³/mol. The molecule has 0 atom stereocenters. The van der Waals surface area contributed by atoms with Crippen molar-refractivity contribution in [2.24, 2.45) is 0 Å². The van der Waals surface area contributed by atoms with Gasteiger partial charge in [0.1, 0.15) is 0 Å². The zero-order valence-electron chi connectivity index (χ0n) is 27.3. The summed E-state index contributed by atoms with van der Waals surface area (Å²) in [5, 5.41) is 0. The van der Waals surface area contributed by atoms with Gasteiger partial charge in [0.15, 0.2) is 69.8 Å². The van der Waals surface area contributed by atoms with Crippen LogP contribution >= 0.6 is 31.9 Å². The van der Waals surface area contributed by atoms with E-state index in [1.54, 1.807) is 0 Å². The van der Waals surface area contributed by atoms with E-state index < -0.39 is 154 Å². The SMILES string of the molecule is Fc1c(F)c(F)c(-c2c3nc(c4[nH]c(cc4Br)c(-c4c(F)c(F)c(F)c(F)c4F)c4ccc([nH]4)c(-c4c(F)c(F)c(F)c(F)c4F)c4ccc2[nH]4)C=C3Br)c(F)c1F. The summed E-state index contributed by atoms with van der Waals surface area (Å²) in [7, 11) is 0. The van der Waals surface area contributed by atoms with Gasteiger partial charge in [-0.05, 0) is 68.3 Å². The van der Waals surface area contributed by atoms with Gasteiger partial charge in [-0.1, -0.05) is 0 Å². The zero-order chi connectivity index (χ0) is 42.0. The molecular weight excluding hydrogens is 945 g/mol. The lowest BCUT2D eigenvalue weighted by molar-refractivity contribution is 0.381. The van der Waals surface area contributed by atoms with Crippen LogP contribution in [0.25, 0.3) is 77.0 Å². The third-order valence-corrected chi connectivity index (χ3v) is 10.3. The second-order valence-corrected chi connectivity index (χ2v) is 14.0. The van der Waals surface area contributed by atoms with Crippen molar-refractivity contribution in [2.75, 3.05) is 0 Å². The van der Waals surface area contributed by atoms with Gasteiger partial charge in [0.05, 0.1) is 33.6 Å². The standard InChI is InChI=1S/C37H9Br2F15N4/c38-7-5-13-16(19-23(42)29(48)34(53)30(49)24(19)43)11-2-1-9(55-11)15(18-21(40)27(46)33(52)28(47)22(18)41)10-3-4-12(56-10)17(37-8(39)6-14(58-37)36(7)57-13)20-25(44)31(50)35(54)32(51)26(20)45/h1-6,55-57H. The van der Waals surface area contributed by atoms with Crippen molar-refractivity contribution >= 4 is 75.5 Å². The fourth-order valence-corrected chi connectivity index (χ4v) is 7.54. The van der Waals surface area contributed by atoms with Gasteiger partial charge in [0.2, 0.25) is 17.5 Å². The van der Waals surface area contributed by atoms with E-state index in [4.69, 9.17) is 0 Å². The first-order valence-corrected chi connectivity index (χ1v) is 17.2. The maximum Gasteiger partial charge on any atom is 0.200 e. The van der Waals surface area contributed by atoms with Crippen LogP contribution in [-0.4, -0.2) is 19.9 Å². The number of nitrogens with one attached hydrogen (secondary N) is 3. The average molecular weight is 954 g/mol. The number of aromatic amines is 3. The van der Waals surface area contributed by atoms with E-state index in [1.165, 1.54) is 0 Å². The summed E-state index contributed by atoms with van der Waals surface area (Å²) < 4.78 is 225. The van der Waals surface area contributed by atoms with Crippen molar-refractivity contribution in [1.82, 2.24) is 19.9 Å². The molecule has 58 heavy (non-hydrogen) atoms. The first kappa shape index (κ1) is 39.1. The van der Waals surface area contributed by atoms with Gasteiger partial charge in [-0.2, -0.15) is 0 Å². The molecule has 3 aromatic carbocycles. The molecule has 0 saturated heterocycles. The van der Waals surface area contributed by atoms with Gasteiger partial charge in [-0.25, -0.2) is 70.8 Å². The summed E-state index contributed by atoms with van der Waals surface area (Å²) in [6.45, 7) is 0. The Morgan fingerprint density at radius 3 is 1.05 bits per heavy atom. The smallest absolute Gasteiger partial charge is 0.200 e. The molecule has 0 amide bonds. The summed E-state index contributed by atoms with van der Waals surface area (Å²) >= 11 is 6.28. The Balaban J connectivity index is 1.69. The van der Waals surface area contributed by atoms with Crippen molar-refractivity contribution in [3.63, 3.8) is 0 Å². The number of benzene rings is 3. The molecular formula is C37H9Br2F15N4. The van der Waals surface area contributed by atoms with Crippen LogP contribution in [0.5, 0.6) is 0 Å². The molecule has 3 N–H and O–H groups in total. The minimum absolute atomic E-state index is 0.0760. The number of nitrogens with zero attached hydrogens (tertiary/aromatic N) is 1. The number of halogens is 17. The summed E-state index contributed by atoms with van der Waals surface area (Å²) in [6.07, 6.45) is 1.12. The molecule has 0 unspecified atom stereocenters. The molecule has 5 heterocycles. The summed E-state index contributed by atoms with van der Waals surface area (Å²) in [6, 6.07) is 4.45. The fourth-order valence-electron chi connectivity index (χ4n) is 6.50. The first-order chi connectivity index (χ1) is 27.3. The van der Waals surface area contributed by atoms with Crippen molar-refractivity contribution < 1.29 is 65.9 Å². The van der Waals surface area contributed by atoms with Crippen LogP contribution < -0.4 is 0 Å². The van der Waals surface area contributed by atoms with E-state index in [2.05, 4.69) is 51.8 Å². The van der Waals surface area contributed by atoms with Crippen molar-refractivity contribution in [1.29, 1.82) is 0 Å². The Bertz CT molecular complexity index is 3080. The largest absolute Gasteiger partial charge is 0.354 e. The number of aromatic nitrogens is 4. The van der Waals surface area contributed by atoms with Gasteiger partial charge in [-0.3, -0.25) is 0 Å². The molecule has 1 aliphatic rings. The molecule has 0 saturated carbocycles. The monoisotopic (exact) mass is 952 g/mol. The fraction of sp³-hybridized carbons (Fsp3) is 0. The molecule has 0 spiro atoms. The predicted octanol–water partition coefficient (Wildman–Crippen LogP) is 13.3. The summed E-state index contributed by atoms with van der Waals surface area (Å²) in [5.41, 5.74) is -11.9. The van der Waals surface area contributed by atoms with E-state index >= 15 is 26.3 Å². The first-order valence-electron chi connectivity index (χ1n) is 15.6. The summed E-state index contributed by atoms with van der Waals surface area (Å²) in [4.78, 5) is 11.8. The van der Waals surface area contributed by atoms with E-state index in [0.29, 0.717) is 0 Å². The van der Waals surface area contributed by atoms with Crippen LogP contribution in [0.4, 0.5) is 65.9 Å². The molecule has 21 heteroatoms. The number of rotatable bonds is 3. The van der Waals surface area contributed by atoms with Crippen LogP contribution in [0, 0.1) is 87.3 Å². The van der Waals surface area contributed by atoms with Gasteiger partial charge in [-0.15, -0.1) is 0 Å². The third-order valence-electron chi connectivity index (χ3n) is 9.08. The van der Waals surface area contributed by atoms with Crippen molar-refractivity contribution in [3.8, 4) is 33.4 Å². The van der Waals surface area contributed by atoms with E-state index in [1.807, 2.05) is 0 Å². The van der Waals surface area contributed by atoms with Crippen molar-refractivity contribution in [2.45, 2.75) is 0 Å². The van der Waals surface area contributed by atoms with Crippen LogP contribution in [-0.2, 0) is 0 Å². The lowest BCUT2D eigenvalue weighted by Gasteiger charge is -2.11. The highest BCUT2D eigenvalue weighted by Gasteiger charge is 2.33. The second-order valence-electron chi connectivity index (χ2n) is 12.3. The Morgan fingerprint density at radius 1 is 0.362 bits per heavy atom. The van der Waals surface area contributed by atoms with Gasteiger partial charge in [0.25, 0.3) is 0 Å². The quantitative estimate of drug-likeness (QED) is 0.0922. The van der Waals surface area contributed by atoms with E-state index in [9.17, 15) is 39.5 Å². The highest BCUT2D eigenvalue weighted by molar-refractivity contribution is 9.15. The second kappa shape index (κ2) is 13.7. The highest BCUT2D eigenvalue weighted by Crippen LogP contribution is 2.45. The average Bonchev–Trinajstić information content (AvgIpc) is 4.02. The maximum absolute atomic E-state index is 15.7. The molecule has 296 valence electrons. The molecule has 0 radical (unpaired) electrons. The normalized spacial score (nSPS) is 12.3. The van der Waals surface area contributed by atoms with E-state index in [-0.39, 0.29) is 20.2 Å². The number of fused-ring (bicyclic) bond motifs is 9. The molecule has 0 fully saturated rings. The van der Waals surface area contributed by atoms with E-state index in [0.717, 1.165) is 36.4 Å². The Labute approximate surface area is 327 Å². The molecule has 0 aliphatic carbocycles. The molecule has 4 nitrogen and oxygen atoms in total. The van der Waals surface area contributed by atoms with Gasteiger partial charge >= 0.3 is 0 Å². The lowest BCUT2D eigenvalue weighted by Crippen LogP contribution is -2.05. The minimum atomic E-state index is -2.60. The van der Waals surface area contributed by atoms with Crippen LogP contribution in [0.1, 0.15) is 11.4 Å². The van der Waals surface area contributed by atoms with Gasteiger partial charge < -0.3 is 15.0 Å². The number of hydrogen-bond donors (Lipinski definition) is 3. The van der Waals surface area contributed by atoms with Crippen molar-refractivity contribution in [3.05, 3.63) is 133 Å². The topological polar surface area (TPSA) is 60.3 Å². The minimum Gasteiger partial charge on any atom is -0.354 e. The third kappa shape index (κ3) is 5.56. The molecule has 1 aliphatic heterocycles. The van der Waals surface area contributed by atoms with Crippen LogP contribution in [0.2, 0.25) is 0 Å². The summed E-state index contributed by atoms with van der Waals surface area (Å²) in [5.74, 6) is -36.7. The molecule has 8 bridgehead atoms. The van der Waals surface area contributed by atoms with Gasteiger partial charge in [0, 0.05) is 53.2 Å². The zero-order valence-corrected chi connectivity index (χ0v) is 30.5. The number of hydrogen-bond acceptors (Lipinski definition) is 1. The van der Waals surface area contributed by atoms with Crippen LogP contribution in [0.3, 0.4) is 0 Å². The maximum atomic E-state index is 15.7. The molecule has 7 aromatic rings.